The average Bonchev–Trinajstić information content (AvgIpc) is 3.03. The van der Waals surface area contributed by atoms with Gasteiger partial charge in [0.1, 0.15) is 0 Å². The number of benzene rings is 2. The fourth-order valence-corrected chi connectivity index (χ4v) is 2.19. The Balaban J connectivity index is 1.69. The molecule has 1 heterocycles. The molecule has 2 aromatic carbocycles. The molecule has 1 aromatic heterocycles. The maximum atomic E-state index is 11.4. The predicted molar refractivity (Wildman–Crippen MR) is 88.5 cm³/mol. The van der Waals surface area contributed by atoms with Crippen LogP contribution in [0.3, 0.4) is 0 Å². The zero-order valence-corrected chi connectivity index (χ0v) is 13.2. The van der Waals surface area contributed by atoms with Crippen molar-refractivity contribution < 1.29 is 9.32 Å². The third-order valence-electron chi connectivity index (χ3n) is 3.28. The van der Waals surface area contributed by atoms with Gasteiger partial charge in [0.25, 0.3) is 0 Å². The molecule has 3 rings (SSSR count). The monoisotopic (exact) mass is 327 g/mol. The molecule has 3 aromatic rings. The Labute approximate surface area is 138 Å². The predicted octanol–water partition coefficient (Wildman–Crippen LogP) is 4.20. The van der Waals surface area contributed by atoms with Crippen molar-refractivity contribution in [1.82, 2.24) is 10.1 Å². The Bertz CT molecular complexity index is 828. The molecule has 5 nitrogen and oxygen atoms in total. The summed E-state index contributed by atoms with van der Waals surface area (Å²) >= 11 is 5.86. The second kappa shape index (κ2) is 6.62. The minimum atomic E-state index is 0.0245. The van der Waals surface area contributed by atoms with Crippen molar-refractivity contribution in [2.24, 2.45) is 0 Å². The van der Waals surface area contributed by atoms with Gasteiger partial charge < -0.3 is 9.84 Å². The summed E-state index contributed by atoms with van der Waals surface area (Å²) in [6, 6.07) is 14.5. The number of carbonyl (C=O) groups excluding carboxylic acids is 1. The van der Waals surface area contributed by atoms with Gasteiger partial charge in [-0.15, -0.1) is 0 Å². The van der Waals surface area contributed by atoms with Crippen LogP contribution >= 0.6 is 11.6 Å². The van der Waals surface area contributed by atoms with E-state index in [1.54, 1.807) is 24.3 Å². The summed E-state index contributed by atoms with van der Waals surface area (Å²) in [5.74, 6) is 0.996. The smallest absolute Gasteiger partial charge is 0.246 e. The lowest BCUT2D eigenvalue weighted by Crippen LogP contribution is -2.01. The highest BCUT2D eigenvalue weighted by Crippen LogP contribution is 2.19. The van der Waals surface area contributed by atoms with Crippen LogP contribution in [-0.2, 0) is 6.54 Å². The summed E-state index contributed by atoms with van der Waals surface area (Å²) in [5.41, 5.74) is 2.31. The Hall–Kier alpha value is -2.66. The first kappa shape index (κ1) is 15.2. The van der Waals surface area contributed by atoms with Crippen LogP contribution in [-0.4, -0.2) is 15.9 Å². The third kappa shape index (κ3) is 3.76. The lowest BCUT2D eigenvalue weighted by atomic mass is 10.1. The summed E-state index contributed by atoms with van der Waals surface area (Å²) < 4.78 is 5.23. The van der Waals surface area contributed by atoms with Crippen molar-refractivity contribution in [3.8, 4) is 11.4 Å². The van der Waals surface area contributed by atoms with Gasteiger partial charge >= 0.3 is 0 Å². The SMILES string of the molecule is CC(=O)c1cccc(NCc2nc(-c3ccc(Cl)cc3)no2)c1. The summed E-state index contributed by atoms with van der Waals surface area (Å²) in [5, 5.41) is 7.77. The number of hydrogen-bond acceptors (Lipinski definition) is 5. The van der Waals surface area contributed by atoms with Crippen LogP contribution in [0.5, 0.6) is 0 Å². The van der Waals surface area contributed by atoms with Crippen molar-refractivity contribution in [2.75, 3.05) is 5.32 Å². The fraction of sp³-hybridized carbons (Fsp3) is 0.118. The highest BCUT2D eigenvalue weighted by molar-refractivity contribution is 6.30. The van der Waals surface area contributed by atoms with E-state index < -0.39 is 0 Å². The van der Waals surface area contributed by atoms with Gasteiger partial charge in [0, 0.05) is 21.8 Å². The Morgan fingerprint density at radius 2 is 2.00 bits per heavy atom. The number of carbonyl (C=O) groups is 1. The zero-order valence-electron chi connectivity index (χ0n) is 12.4. The second-order valence-electron chi connectivity index (χ2n) is 5.01. The fourth-order valence-electron chi connectivity index (χ4n) is 2.07. The number of nitrogens with zero attached hydrogens (tertiary/aromatic N) is 2. The standard InChI is InChI=1S/C17H14ClN3O2/c1-11(22)13-3-2-4-15(9-13)19-10-16-20-17(21-23-16)12-5-7-14(18)8-6-12/h2-9,19H,10H2,1H3. The molecule has 0 fully saturated rings. The number of ketones is 1. The number of rotatable bonds is 5. The molecule has 0 aliphatic rings. The molecular formula is C17H14ClN3O2. The van der Waals surface area contributed by atoms with Gasteiger partial charge in [-0.3, -0.25) is 4.79 Å². The number of anilines is 1. The van der Waals surface area contributed by atoms with E-state index in [2.05, 4.69) is 15.5 Å². The van der Waals surface area contributed by atoms with Crippen LogP contribution in [0, 0.1) is 0 Å². The van der Waals surface area contributed by atoms with Crippen LogP contribution < -0.4 is 5.32 Å². The topological polar surface area (TPSA) is 68.0 Å². The van der Waals surface area contributed by atoms with E-state index in [9.17, 15) is 4.79 Å². The van der Waals surface area contributed by atoms with Gasteiger partial charge in [-0.05, 0) is 43.3 Å². The minimum Gasteiger partial charge on any atom is -0.376 e. The number of Topliss-reactive ketones (excluding diaryl/α,β-unsaturated/α-hetero) is 1. The van der Waals surface area contributed by atoms with Gasteiger partial charge in [-0.2, -0.15) is 4.98 Å². The molecule has 116 valence electrons. The molecule has 0 unspecified atom stereocenters. The van der Waals surface area contributed by atoms with E-state index in [-0.39, 0.29) is 5.78 Å². The lowest BCUT2D eigenvalue weighted by molar-refractivity contribution is 0.101. The molecule has 0 aliphatic heterocycles. The maximum absolute atomic E-state index is 11.4. The molecule has 6 heteroatoms. The van der Waals surface area contributed by atoms with Crippen LogP contribution in [0.2, 0.25) is 5.02 Å². The number of aromatic nitrogens is 2. The van der Waals surface area contributed by atoms with Gasteiger partial charge in [-0.25, -0.2) is 0 Å². The first-order valence-electron chi connectivity index (χ1n) is 7.05. The molecule has 0 atom stereocenters. The highest BCUT2D eigenvalue weighted by Gasteiger charge is 2.08. The quantitative estimate of drug-likeness (QED) is 0.711. The van der Waals surface area contributed by atoms with Crippen molar-refractivity contribution in [3.63, 3.8) is 0 Å². The van der Waals surface area contributed by atoms with Gasteiger partial charge in [0.15, 0.2) is 5.78 Å². The van der Waals surface area contributed by atoms with Crippen molar-refractivity contribution in [1.29, 1.82) is 0 Å². The van der Waals surface area contributed by atoms with Crippen molar-refractivity contribution in [2.45, 2.75) is 13.5 Å². The van der Waals surface area contributed by atoms with E-state index in [1.165, 1.54) is 6.92 Å². The van der Waals surface area contributed by atoms with Crippen molar-refractivity contribution >= 4 is 23.1 Å². The highest BCUT2D eigenvalue weighted by atomic mass is 35.5. The van der Waals surface area contributed by atoms with E-state index in [1.807, 2.05) is 24.3 Å². The molecule has 0 spiro atoms. The van der Waals surface area contributed by atoms with E-state index in [0.717, 1.165) is 11.3 Å². The number of nitrogens with one attached hydrogen (secondary N) is 1. The molecule has 0 bridgehead atoms. The molecule has 1 N–H and O–H groups in total. The maximum Gasteiger partial charge on any atom is 0.246 e. The summed E-state index contributed by atoms with van der Waals surface area (Å²) in [6.45, 7) is 1.91. The summed E-state index contributed by atoms with van der Waals surface area (Å²) in [4.78, 5) is 15.7. The molecule has 0 saturated heterocycles. The van der Waals surface area contributed by atoms with Gasteiger partial charge in [0.2, 0.25) is 11.7 Å². The zero-order chi connectivity index (χ0) is 16.2. The molecule has 0 aliphatic carbocycles. The van der Waals surface area contributed by atoms with E-state index in [4.69, 9.17) is 16.1 Å². The Kier molecular flexibility index (Phi) is 4.39. The third-order valence-corrected chi connectivity index (χ3v) is 3.54. The Morgan fingerprint density at radius 3 is 2.74 bits per heavy atom. The molecule has 23 heavy (non-hydrogen) atoms. The van der Waals surface area contributed by atoms with E-state index >= 15 is 0 Å². The minimum absolute atomic E-state index is 0.0245. The first-order valence-corrected chi connectivity index (χ1v) is 7.43. The number of halogens is 1. The molecule has 0 amide bonds. The Morgan fingerprint density at radius 1 is 1.22 bits per heavy atom. The largest absolute Gasteiger partial charge is 0.376 e. The molecule has 0 saturated carbocycles. The van der Waals surface area contributed by atoms with Gasteiger partial charge in [-0.1, -0.05) is 28.9 Å². The summed E-state index contributed by atoms with van der Waals surface area (Å²) in [6.07, 6.45) is 0. The van der Waals surface area contributed by atoms with Crippen molar-refractivity contribution in [3.05, 3.63) is 65.0 Å². The summed E-state index contributed by atoms with van der Waals surface area (Å²) in [7, 11) is 0. The second-order valence-corrected chi connectivity index (χ2v) is 5.45. The lowest BCUT2D eigenvalue weighted by Gasteiger charge is -2.04. The van der Waals surface area contributed by atoms with Crippen LogP contribution in [0.25, 0.3) is 11.4 Å². The van der Waals surface area contributed by atoms with E-state index in [0.29, 0.717) is 28.8 Å². The van der Waals surface area contributed by atoms with Crippen LogP contribution in [0.15, 0.2) is 53.1 Å². The normalized spacial score (nSPS) is 10.5. The average molecular weight is 328 g/mol. The number of hydrogen-bond donors (Lipinski definition) is 1. The molecule has 0 radical (unpaired) electrons. The first-order chi connectivity index (χ1) is 11.1. The van der Waals surface area contributed by atoms with Gasteiger partial charge in [0.05, 0.1) is 6.54 Å². The van der Waals surface area contributed by atoms with Crippen LogP contribution in [0.1, 0.15) is 23.2 Å². The van der Waals surface area contributed by atoms with Crippen LogP contribution in [0.4, 0.5) is 5.69 Å². The molecular weight excluding hydrogens is 314 g/mol.